The van der Waals surface area contributed by atoms with E-state index in [4.69, 9.17) is 20.5 Å². The van der Waals surface area contributed by atoms with E-state index < -0.39 is 52.0 Å². The normalized spacial score (nSPS) is 14.9. The molecule has 5 N–H and O–H groups in total. The number of nitrogens with two attached hydrogens (primary N) is 1. The number of primary amides is 1. The van der Waals surface area contributed by atoms with Gasteiger partial charge in [0.2, 0.25) is 10.7 Å². The molecule has 10 heteroatoms. The third kappa shape index (κ3) is 3.67. The van der Waals surface area contributed by atoms with Crippen LogP contribution in [0.1, 0.15) is 19.3 Å². The lowest BCUT2D eigenvalue weighted by Gasteiger charge is -2.23. The van der Waals surface area contributed by atoms with E-state index in [1.807, 2.05) is 0 Å². The van der Waals surface area contributed by atoms with Crippen LogP contribution in [0.15, 0.2) is 0 Å². The highest BCUT2D eigenvalue weighted by Gasteiger charge is 2.51. The second kappa shape index (κ2) is 5.10. The Bertz CT molecular complexity index is 441. The van der Waals surface area contributed by atoms with Crippen molar-refractivity contribution in [2.45, 2.75) is 24.0 Å². The third-order valence-electron chi connectivity index (χ3n) is 2.09. The highest BCUT2D eigenvalue weighted by atomic mass is 32.2. The molecule has 0 aromatic heterocycles. The number of rotatable bonds is 7. The molecule has 9 nitrogen and oxygen atoms in total. The third-order valence-corrected chi connectivity index (χ3v) is 3.60. The van der Waals surface area contributed by atoms with Crippen LogP contribution in [-0.4, -0.2) is 45.8 Å². The second-order valence-electron chi connectivity index (χ2n) is 3.31. The van der Waals surface area contributed by atoms with Crippen LogP contribution in [0.25, 0.3) is 0 Å². The number of carbonyl (C=O) groups is 3. The van der Waals surface area contributed by atoms with E-state index in [9.17, 15) is 22.8 Å². The van der Waals surface area contributed by atoms with Crippen LogP contribution in [0.3, 0.4) is 0 Å². The van der Waals surface area contributed by atoms with Crippen molar-refractivity contribution < 1.29 is 37.6 Å². The Balaban J connectivity index is 5.49. The van der Waals surface area contributed by atoms with Gasteiger partial charge in [-0.2, -0.15) is 8.42 Å². The zero-order chi connectivity index (χ0) is 13.9. The highest BCUT2D eigenvalue weighted by molar-refractivity contribution is 7.88. The van der Waals surface area contributed by atoms with Gasteiger partial charge in [0.25, 0.3) is 10.1 Å². The van der Waals surface area contributed by atoms with Crippen LogP contribution in [-0.2, 0) is 24.5 Å². The molecule has 1 atom stereocenters. The summed E-state index contributed by atoms with van der Waals surface area (Å²) in [4.78, 5) is 31.8. The predicted molar refractivity (Wildman–Crippen MR) is 52.6 cm³/mol. The number of carboxylic acid groups (broad SMARTS) is 2. The molecular weight excluding hydrogens is 258 g/mol. The maximum Gasteiger partial charge on any atom is 0.328 e. The first-order valence-corrected chi connectivity index (χ1v) is 5.67. The highest BCUT2D eigenvalue weighted by Crippen LogP contribution is 2.27. The molecule has 0 bridgehead atoms. The Morgan fingerprint density at radius 1 is 1.18 bits per heavy atom. The van der Waals surface area contributed by atoms with Crippen molar-refractivity contribution in [1.29, 1.82) is 0 Å². The minimum absolute atomic E-state index is 0.848. The molecule has 0 aliphatic heterocycles. The molecule has 1 amide bonds. The van der Waals surface area contributed by atoms with Gasteiger partial charge in [0.15, 0.2) is 0 Å². The smallest absolute Gasteiger partial charge is 0.328 e. The van der Waals surface area contributed by atoms with Crippen molar-refractivity contribution in [2.75, 3.05) is 0 Å². The first-order valence-electron chi connectivity index (χ1n) is 4.23. The van der Waals surface area contributed by atoms with Crippen molar-refractivity contribution in [3.63, 3.8) is 0 Å². The number of hydrogen-bond donors (Lipinski definition) is 4. The number of carboxylic acids is 2. The van der Waals surface area contributed by atoms with Crippen molar-refractivity contribution in [3.05, 3.63) is 0 Å². The van der Waals surface area contributed by atoms with E-state index in [1.54, 1.807) is 0 Å². The summed E-state index contributed by atoms with van der Waals surface area (Å²) in [6.07, 6.45) is -3.01. The molecule has 0 aliphatic rings. The molecule has 0 aromatic carbocycles. The van der Waals surface area contributed by atoms with E-state index in [0.29, 0.717) is 0 Å². The summed E-state index contributed by atoms with van der Waals surface area (Å²) in [7, 11) is -5.18. The van der Waals surface area contributed by atoms with Crippen molar-refractivity contribution in [1.82, 2.24) is 0 Å². The Morgan fingerprint density at radius 3 is 1.88 bits per heavy atom. The molecule has 0 fully saturated rings. The second-order valence-corrected chi connectivity index (χ2v) is 5.04. The summed E-state index contributed by atoms with van der Waals surface area (Å²) in [5.41, 5.74) is 4.69. The molecule has 0 spiro atoms. The maximum atomic E-state index is 11.0. The number of hydrogen-bond acceptors (Lipinski definition) is 5. The molecule has 0 saturated carbocycles. The number of aliphatic carboxylic acids is 2. The summed E-state index contributed by atoms with van der Waals surface area (Å²) >= 11 is 0. The fourth-order valence-electron chi connectivity index (χ4n) is 1.19. The predicted octanol–water partition coefficient (Wildman–Crippen LogP) is -1.56. The van der Waals surface area contributed by atoms with E-state index in [1.165, 1.54) is 0 Å². The summed E-state index contributed by atoms with van der Waals surface area (Å²) in [5.74, 6) is -4.78. The zero-order valence-electron chi connectivity index (χ0n) is 8.49. The van der Waals surface area contributed by atoms with Crippen LogP contribution < -0.4 is 5.73 Å². The standard InChI is InChI=1S/C7H11NO8S/c8-4(9)3-7(6(12)13,17(14,15)16)2-1-5(10)11/h1-3H2,(H2,8,9)(H,10,11)(H,12,13)(H,14,15,16). The van der Waals surface area contributed by atoms with Gasteiger partial charge >= 0.3 is 11.9 Å². The number of amides is 1. The van der Waals surface area contributed by atoms with Gasteiger partial charge in [-0.1, -0.05) is 0 Å². The minimum atomic E-state index is -5.18. The van der Waals surface area contributed by atoms with E-state index in [-0.39, 0.29) is 0 Å². The average Bonchev–Trinajstić information content (AvgIpc) is 2.08. The monoisotopic (exact) mass is 269 g/mol. The SMILES string of the molecule is NC(=O)CC(CCC(=O)O)(C(=O)O)S(=O)(=O)O. The first-order chi connectivity index (χ1) is 7.53. The van der Waals surface area contributed by atoms with Gasteiger partial charge in [0.05, 0.1) is 6.42 Å². The molecule has 0 saturated heterocycles. The molecule has 0 aliphatic carbocycles. The maximum absolute atomic E-state index is 11.0. The van der Waals surface area contributed by atoms with Gasteiger partial charge in [0, 0.05) is 6.42 Å². The van der Waals surface area contributed by atoms with Crippen molar-refractivity contribution >= 4 is 28.0 Å². The van der Waals surface area contributed by atoms with Gasteiger partial charge in [-0.25, -0.2) is 0 Å². The largest absolute Gasteiger partial charge is 0.481 e. The molecule has 1 unspecified atom stereocenters. The lowest BCUT2D eigenvalue weighted by atomic mass is 9.98. The van der Waals surface area contributed by atoms with Crippen LogP contribution in [0.4, 0.5) is 0 Å². The fourth-order valence-corrected chi connectivity index (χ4v) is 2.10. The van der Waals surface area contributed by atoms with Crippen LogP contribution in [0.5, 0.6) is 0 Å². The molecule has 98 valence electrons. The Kier molecular flexibility index (Phi) is 4.60. The molecule has 0 heterocycles. The Hall–Kier alpha value is -1.68. The van der Waals surface area contributed by atoms with E-state index in [0.717, 1.165) is 0 Å². The van der Waals surface area contributed by atoms with E-state index >= 15 is 0 Å². The molecule has 0 rings (SSSR count). The summed E-state index contributed by atoms with van der Waals surface area (Å²) in [6, 6.07) is 0. The minimum Gasteiger partial charge on any atom is -0.481 e. The first kappa shape index (κ1) is 15.3. The van der Waals surface area contributed by atoms with Gasteiger partial charge in [0.1, 0.15) is 0 Å². The summed E-state index contributed by atoms with van der Waals surface area (Å²) < 4.78 is 28.0. The molecular formula is C7H11NO8S. The van der Waals surface area contributed by atoms with E-state index in [2.05, 4.69) is 0 Å². The van der Waals surface area contributed by atoms with Crippen molar-refractivity contribution in [3.8, 4) is 0 Å². The Morgan fingerprint density at radius 2 is 1.65 bits per heavy atom. The van der Waals surface area contributed by atoms with Gasteiger partial charge in [-0.3, -0.25) is 18.9 Å². The molecule has 0 aromatic rings. The van der Waals surface area contributed by atoms with Crippen LogP contribution in [0.2, 0.25) is 0 Å². The molecule has 0 radical (unpaired) electrons. The van der Waals surface area contributed by atoms with Gasteiger partial charge < -0.3 is 15.9 Å². The lowest BCUT2D eigenvalue weighted by molar-refractivity contribution is -0.143. The van der Waals surface area contributed by atoms with Crippen LogP contribution >= 0.6 is 0 Å². The van der Waals surface area contributed by atoms with Crippen LogP contribution in [0, 0.1) is 0 Å². The number of carbonyl (C=O) groups excluding carboxylic acids is 1. The Labute approximate surface area is 96.0 Å². The van der Waals surface area contributed by atoms with Crippen molar-refractivity contribution in [2.24, 2.45) is 5.73 Å². The fraction of sp³-hybridized carbons (Fsp3) is 0.571. The molecule has 17 heavy (non-hydrogen) atoms. The van der Waals surface area contributed by atoms with Gasteiger partial charge in [-0.15, -0.1) is 0 Å². The topological polar surface area (TPSA) is 172 Å². The lowest BCUT2D eigenvalue weighted by Crippen LogP contribution is -2.49. The average molecular weight is 269 g/mol. The van der Waals surface area contributed by atoms with Gasteiger partial charge in [-0.05, 0) is 6.42 Å². The quantitative estimate of drug-likeness (QED) is 0.401. The summed E-state index contributed by atoms with van der Waals surface area (Å²) in [5, 5.41) is 17.2. The summed E-state index contributed by atoms with van der Waals surface area (Å²) in [6.45, 7) is 0. The zero-order valence-corrected chi connectivity index (χ0v) is 9.31.